The summed E-state index contributed by atoms with van der Waals surface area (Å²) in [6.45, 7) is 5.68. The molecule has 3 amide bonds. The van der Waals surface area contributed by atoms with Gasteiger partial charge in [-0.15, -0.1) is 0 Å². The van der Waals surface area contributed by atoms with Gasteiger partial charge >= 0.3 is 6.03 Å². The fourth-order valence-corrected chi connectivity index (χ4v) is 5.02. The number of carbonyl (C=O) groups is 2. The van der Waals surface area contributed by atoms with Crippen molar-refractivity contribution in [2.24, 2.45) is 5.92 Å². The number of piperazine rings is 1. The topological polar surface area (TPSA) is 74.4 Å². The summed E-state index contributed by atoms with van der Waals surface area (Å²) < 4.78 is 10.6. The SMILES string of the molecule is COCCN1CCN(C(=O)C2CC(c3ccccc3)CN(C(=O)Nc3ccccc3OC)C2)CC1. The summed E-state index contributed by atoms with van der Waals surface area (Å²) in [5.41, 5.74) is 1.78. The zero-order valence-electron chi connectivity index (χ0n) is 20.7. The van der Waals surface area contributed by atoms with Crippen LogP contribution < -0.4 is 10.1 Å². The molecule has 2 heterocycles. The first kappa shape index (κ1) is 25.0. The summed E-state index contributed by atoms with van der Waals surface area (Å²) in [4.78, 5) is 33.0. The first-order valence-electron chi connectivity index (χ1n) is 12.3. The molecule has 0 bridgehead atoms. The van der Waals surface area contributed by atoms with Crippen molar-refractivity contribution < 1.29 is 19.1 Å². The molecule has 2 aromatic rings. The first-order chi connectivity index (χ1) is 17.1. The van der Waals surface area contributed by atoms with Crippen molar-refractivity contribution in [3.8, 4) is 5.75 Å². The van der Waals surface area contributed by atoms with Gasteiger partial charge in [-0.25, -0.2) is 4.79 Å². The van der Waals surface area contributed by atoms with E-state index >= 15 is 0 Å². The summed E-state index contributed by atoms with van der Waals surface area (Å²) in [5.74, 6) is 0.622. The molecule has 0 aromatic heterocycles. The van der Waals surface area contributed by atoms with Crippen molar-refractivity contribution in [3.05, 3.63) is 60.2 Å². The molecule has 0 radical (unpaired) electrons. The zero-order valence-corrected chi connectivity index (χ0v) is 20.7. The van der Waals surface area contributed by atoms with Crippen molar-refractivity contribution in [1.82, 2.24) is 14.7 Å². The minimum absolute atomic E-state index is 0.102. The maximum Gasteiger partial charge on any atom is 0.321 e. The minimum Gasteiger partial charge on any atom is -0.495 e. The lowest BCUT2D eigenvalue weighted by atomic mass is 9.84. The highest BCUT2D eigenvalue weighted by Crippen LogP contribution is 2.32. The molecule has 2 saturated heterocycles. The molecular weight excluding hydrogens is 444 g/mol. The van der Waals surface area contributed by atoms with Crippen molar-refractivity contribution in [2.45, 2.75) is 12.3 Å². The standard InChI is InChI=1S/C27H36N4O4/c1-34-17-16-29-12-14-30(15-13-29)26(32)23-18-22(21-8-4-3-5-9-21)19-31(20-23)27(33)28-24-10-6-7-11-25(24)35-2/h3-11,22-23H,12-20H2,1-2H3,(H,28,33). The molecule has 2 aromatic carbocycles. The number of ether oxygens (including phenoxy) is 2. The quantitative estimate of drug-likeness (QED) is 0.659. The van der Waals surface area contributed by atoms with Crippen molar-refractivity contribution >= 4 is 17.6 Å². The van der Waals surface area contributed by atoms with Gasteiger partial charge in [-0.2, -0.15) is 0 Å². The summed E-state index contributed by atoms with van der Waals surface area (Å²) in [5, 5.41) is 2.99. The van der Waals surface area contributed by atoms with Crippen molar-refractivity contribution in [3.63, 3.8) is 0 Å². The molecule has 8 nitrogen and oxygen atoms in total. The number of rotatable bonds is 7. The first-order valence-corrected chi connectivity index (χ1v) is 12.3. The highest BCUT2D eigenvalue weighted by Gasteiger charge is 2.37. The average molecular weight is 481 g/mol. The van der Waals surface area contributed by atoms with Crippen LogP contribution in [0.3, 0.4) is 0 Å². The van der Waals surface area contributed by atoms with E-state index in [1.165, 1.54) is 0 Å². The number of nitrogens with one attached hydrogen (secondary N) is 1. The van der Waals surface area contributed by atoms with Gasteiger partial charge in [0.25, 0.3) is 0 Å². The lowest BCUT2D eigenvalue weighted by molar-refractivity contribution is -0.139. The van der Waals surface area contributed by atoms with Gasteiger partial charge in [0.15, 0.2) is 0 Å². The monoisotopic (exact) mass is 480 g/mol. The van der Waals surface area contributed by atoms with Gasteiger partial charge in [0.05, 0.1) is 25.3 Å². The summed E-state index contributed by atoms with van der Waals surface area (Å²) >= 11 is 0. The van der Waals surface area contributed by atoms with Crippen LogP contribution in [0.4, 0.5) is 10.5 Å². The molecule has 2 unspecified atom stereocenters. The van der Waals surface area contributed by atoms with Gasteiger partial charge < -0.3 is 24.6 Å². The van der Waals surface area contributed by atoms with Crippen LogP contribution >= 0.6 is 0 Å². The summed E-state index contributed by atoms with van der Waals surface area (Å²) in [6.07, 6.45) is 0.741. The largest absolute Gasteiger partial charge is 0.495 e. The summed E-state index contributed by atoms with van der Waals surface area (Å²) in [6, 6.07) is 17.3. The van der Waals surface area contributed by atoms with Gasteiger partial charge in [-0.05, 0) is 24.1 Å². The molecule has 35 heavy (non-hydrogen) atoms. The Labute approximate surface area is 207 Å². The lowest BCUT2D eigenvalue weighted by Gasteiger charge is -2.41. The van der Waals surface area contributed by atoms with E-state index in [-0.39, 0.29) is 23.8 Å². The van der Waals surface area contributed by atoms with E-state index in [1.807, 2.05) is 47.4 Å². The van der Waals surface area contributed by atoms with Gasteiger partial charge in [-0.1, -0.05) is 42.5 Å². The van der Waals surface area contributed by atoms with Crippen LogP contribution in [-0.2, 0) is 9.53 Å². The Kier molecular flexibility index (Phi) is 8.60. The molecule has 2 aliphatic heterocycles. The maximum atomic E-state index is 13.6. The molecule has 2 fully saturated rings. The van der Waals surface area contributed by atoms with E-state index in [0.717, 1.165) is 31.6 Å². The van der Waals surface area contributed by atoms with E-state index < -0.39 is 0 Å². The molecule has 0 aliphatic carbocycles. The van der Waals surface area contributed by atoms with Crippen LogP contribution in [0.2, 0.25) is 0 Å². The highest BCUT2D eigenvalue weighted by molar-refractivity contribution is 5.91. The molecule has 0 saturated carbocycles. The van der Waals surface area contributed by atoms with Gasteiger partial charge in [0, 0.05) is 58.8 Å². The Balaban J connectivity index is 1.47. The highest BCUT2D eigenvalue weighted by atomic mass is 16.5. The number of hydrogen-bond acceptors (Lipinski definition) is 5. The molecule has 2 aliphatic rings. The molecule has 0 spiro atoms. The maximum absolute atomic E-state index is 13.6. The number of hydrogen-bond donors (Lipinski definition) is 1. The lowest BCUT2D eigenvalue weighted by Crippen LogP contribution is -2.54. The molecule has 188 valence electrons. The molecule has 2 atom stereocenters. The second kappa shape index (κ2) is 12.0. The van der Waals surface area contributed by atoms with Crippen LogP contribution in [0.5, 0.6) is 5.75 Å². The second-order valence-corrected chi connectivity index (χ2v) is 9.24. The fraction of sp³-hybridized carbons (Fsp3) is 0.481. The Morgan fingerprint density at radius 1 is 0.914 bits per heavy atom. The van der Waals surface area contributed by atoms with E-state index in [9.17, 15) is 9.59 Å². The number of benzene rings is 2. The zero-order chi connectivity index (χ0) is 24.6. The molecule has 8 heteroatoms. The fourth-order valence-electron chi connectivity index (χ4n) is 5.02. The number of amides is 3. The van der Waals surface area contributed by atoms with Crippen LogP contribution in [0.15, 0.2) is 54.6 Å². The Bertz CT molecular complexity index is 978. The summed E-state index contributed by atoms with van der Waals surface area (Å²) in [7, 11) is 3.29. The number of likely N-dealkylation sites (tertiary alicyclic amines) is 1. The Hall–Kier alpha value is -3.10. The Morgan fingerprint density at radius 2 is 1.63 bits per heavy atom. The molecular formula is C27H36N4O4. The van der Waals surface area contributed by atoms with Gasteiger partial charge in [0.1, 0.15) is 5.75 Å². The van der Waals surface area contributed by atoms with Crippen LogP contribution in [0, 0.1) is 5.92 Å². The van der Waals surface area contributed by atoms with Crippen LogP contribution in [0.25, 0.3) is 0 Å². The third-order valence-corrected chi connectivity index (χ3v) is 7.00. The van der Waals surface area contributed by atoms with Crippen molar-refractivity contribution in [1.29, 1.82) is 0 Å². The van der Waals surface area contributed by atoms with Crippen LogP contribution in [0.1, 0.15) is 17.9 Å². The minimum atomic E-state index is -0.233. The average Bonchev–Trinajstić information content (AvgIpc) is 2.92. The van der Waals surface area contributed by atoms with Gasteiger partial charge in [0.2, 0.25) is 5.91 Å². The second-order valence-electron chi connectivity index (χ2n) is 9.24. The molecule has 4 rings (SSSR count). The Morgan fingerprint density at radius 3 is 2.34 bits per heavy atom. The molecule has 1 N–H and O–H groups in total. The number of methoxy groups -OCH3 is 2. The predicted molar refractivity (Wildman–Crippen MR) is 136 cm³/mol. The number of anilines is 1. The van der Waals surface area contributed by atoms with Crippen LogP contribution in [-0.4, -0.2) is 93.3 Å². The van der Waals surface area contributed by atoms with E-state index in [1.54, 1.807) is 19.1 Å². The third kappa shape index (κ3) is 6.32. The van der Waals surface area contributed by atoms with Gasteiger partial charge in [-0.3, -0.25) is 9.69 Å². The number of piperidine rings is 1. The number of carbonyl (C=O) groups excluding carboxylic acids is 2. The van der Waals surface area contributed by atoms with E-state index in [4.69, 9.17) is 9.47 Å². The number of urea groups is 1. The smallest absolute Gasteiger partial charge is 0.321 e. The van der Waals surface area contributed by atoms with Crippen molar-refractivity contribution in [2.75, 3.05) is 72.0 Å². The third-order valence-electron chi connectivity index (χ3n) is 7.00. The van der Waals surface area contributed by atoms with E-state index in [2.05, 4.69) is 22.3 Å². The normalized spacial score (nSPS) is 21.0. The number of para-hydroxylation sites is 2. The number of nitrogens with zero attached hydrogens (tertiary/aromatic N) is 3. The van der Waals surface area contributed by atoms with E-state index in [0.29, 0.717) is 44.2 Å². The predicted octanol–water partition coefficient (Wildman–Crippen LogP) is 3.12.